The van der Waals surface area contributed by atoms with Crippen molar-refractivity contribution in [3.8, 4) is 0 Å². The summed E-state index contributed by atoms with van der Waals surface area (Å²) in [6.07, 6.45) is 1.77. The molecule has 0 saturated carbocycles. The van der Waals surface area contributed by atoms with Gasteiger partial charge in [-0.25, -0.2) is 0 Å². The summed E-state index contributed by atoms with van der Waals surface area (Å²) in [5.74, 6) is 1.10. The van der Waals surface area contributed by atoms with E-state index < -0.39 is 0 Å². The normalized spacial score (nSPS) is 18.7. The first kappa shape index (κ1) is 15.4. The Labute approximate surface area is 124 Å². The molecule has 0 bridgehead atoms. The molecule has 21 heavy (non-hydrogen) atoms. The molecule has 1 aliphatic rings. The van der Waals surface area contributed by atoms with Crippen LogP contribution in [-0.4, -0.2) is 59.1 Å². The zero-order chi connectivity index (χ0) is 15.4. The molecule has 1 aliphatic heterocycles. The predicted octanol–water partition coefficient (Wildman–Crippen LogP) is 0.0473. The van der Waals surface area contributed by atoms with Crippen molar-refractivity contribution in [2.75, 3.05) is 37.9 Å². The van der Waals surface area contributed by atoms with Gasteiger partial charge in [-0.3, -0.25) is 9.69 Å². The smallest absolute Gasteiger partial charge is 0.323 e. The van der Waals surface area contributed by atoms with Gasteiger partial charge < -0.3 is 15.4 Å². The van der Waals surface area contributed by atoms with Crippen LogP contribution in [-0.2, 0) is 16.1 Å². The molecule has 1 atom stereocenters. The number of hydrogen-bond acceptors (Lipinski definition) is 8. The Morgan fingerprint density at radius 2 is 2.19 bits per heavy atom. The molecule has 0 spiro atoms. The first-order valence-corrected chi connectivity index (χ1v) is 7.09. The van der Waals surface area contributed by atoms with Crippen molar-refractivity contribution in [2.24, 2.45) is 0 Å². The fourth-order valence-corrected chi connectivity index (χ4v) is 2.40. The summed E-state index contributed by atoms with van der Waals surface area (Å²) in [6.45, 7) is 3.50. The number of ether oxygens (including phenoxy) is 1. The van der Waals surface area contributed by atoms with E-state index in [1.807, 2.05) is 25.9 Å². The van der Waals surface area contributed by atoms with Gasteiger partial charge in [0.05, 0.1) is 13.2 Å². The Hall–Kier alpha value is -1.96. The number of rotatable bonds is 5. The highest BCUT2D eigenvalue weighted by molar-refractivity contribution is 5.76. The second kappa shape index (κ2) is 6.66. The van der Waals surface area contributed by atoms with E-state index in [0.717, 1.165) is 19.4 Å². The van der Waals surface area contributed by atoms with Gasteiger partial charge >= 0.3 is 5.97 Å². The highest BCUT2D eigenvalue weighted by atomic mass is 16.5. The van der Waals surface area contributed by atoms with E-state index in [-0.39, 0.29) is 18.0 Å². The summed E-state index contributed by atoms with van der Waals surface area (Å²) in [5, 5.41) is 0. The fourth-order valence-electron chi connectivity index (χ4n) is 2.40. The lowest BCUT2D eigenvalue weighted by Gasteiger charge is -2.22. The molecule has 116 valence electrons. The van der Waals surface area contributed by atoms with Crippen molar-refractivity contribution in [3.05, 3.63) is 5.82 Å². The minimum atomic E-state index is -0.217. The summed E-state index contributed by atoms with van der Waals surface area (Å²) in [7, 11) is 3.69. The number of esters is 1. The number of likely N-dealkylation sites (tertiary alicyclic amines) is 1. The lowest BCUT2D eigenvalue weighted by molar-refractivity contribution is -0.148. The number of aromatic nitrogens is 3. The summed E-state index contributed by atoms with van der Waals surface area (Å²) in [4.78, 5) is 28.3. The van der Waals surface area contributed by atoms with Crippen LogP contribution in [0.25, 0.3) is 0 Å². The Morgan fingerprint density at radius 1 is 1.43 bits per heavy atom. The van der Waals surface area contributed by atoms with Crippen LogP contribution >= 0.6 is 0 Å². The third-order valence-electron chi connectivity index (χ3n) is 3.35. The van der Waals surface area contributed by atoms with Gasteiger partial charge in [-0.1, -0.05) is 0 Å². The molecule has 2 rings (SSSR count). The topological polar surface area (TPSA) is 97.5 Å². The number of nitrogens with zero attached hydrogens (tertiary/aromatic N) is 5. The molecule has 1 saturated heterocycles. The Balaban J connectivity index is 2.11. The standard InChI is InChI=1S/C13H22N6O2/c1-4-21-11(20)9-6-5-7-19(9)8-10-15-12(14)17-13(16-10)18(2)3/h9H,4-8H2,1-3H3,(H2,14,15,16,17). The van der Waals surface area contributed by atoms with Gasteiger partial charge in [-0.15, -0.1) is 0 Å². The van der Waals surface area contributed by atoms with Crippen molar-refractivity contribution in [2.45, 2.75) is 32.4 Å². The van der Waals surface area contributed by atoms with Gasteiger partial charge in [-0.2, -0.15) is 15.0 Å². The number of nitrogen functional groups attached to an aromatic ring is 1. The van der Waals surface area contributed by atoms with Crippen molar-refractivity contribution in [1.82, 2.24) is 19.9 Å². The summed E-state index contributed by atoms with van der Waals surface area (Å²) in [6, 6.07) is -0.217. The van der Waals surface area contributed by atoms with Crippen molar-refractivity contribution in [1.29, 1.82) is 0 Å². The van der Waals surface area contributed by atoms with Crippen molar-refractivity contribution in [3.63, 3.8) is 0 Å². The van der Waals surface area contributed by atoms with Crippen LogP contribution in [0.2, 0.25) is 0 Å². The number of anilines is 2. The molecule has 2 N–H and O–H groups in total. The lowest BCUT2D eigenvalue weighted by atomic mass is 10.2. The van der Waals surface area contributed by atoms with Crippen molar-refractivity contribution < 1.29 is 9.53 Å². The molecule has 8 heteroatoms. The van der Waals surface area contributed by atoms with Crippen LogP contribution in [0.5, 0.6) is 0 Å². The molecule has 0 aromatic carbocycles. The average molecular weight is 294 g/mol. The average Bonchev–Trinajstić information content (AvgIpc) is 2.86. The number of carbonyl (C=O) groups excluding carboxylic acids is 1. The van der Waals surface area contributed by atoms with Gasteiger partial charge in [0.2, 0.25) is 11.9 Å². The zero-order valence-corrected chi connectivity index (χ0v) is 12.7. The van der Waals surface area contributed by atoms with Gasteiger partial charge in [-0.05, 0) is 26.3 Å². The van der Waals surface area contributed by atoms with E-state index in [9.17, 15) is 4.79 Å². The van der Waals surface area contributed by atoms with Gasteiger partial charge in [0.25, 0.3) is 0 Å². The van der Waals surface area contributed by atoms with E-state index in [2.05, 4.69) is 15.0 Å². The maximum atomic E-state index is 11.9. The Morgan fingerprint density at radius 3 is 2.86 bits per heavy atom. The molecule has 1 fully saturated rings. The highest BCUT2D eigenvalue weighted by Gasteiger charge is 2.32. The van der Waals surface area contributed by atoms with Crippen molar-refractivity contribution >= 4 is 17.9 Å². The molecule has 0 radical (unpaired) electrons. The molecule has 8 nitrogen and oxygen atoms in total. The Kier molecular flexibility index (Phi) is 4.89. The highest BCUT2D eigenvalue weighted by Crippen LogP contribution is 2.20. The SMILES string of the molecule is CCOC(=O)C1CCCN1Cc1nc(N)nc(N(C)C)n1. The fraction of sp³-hybridized carbons (Fsp3) is 0.692. The van der Waals surface area contributed by atoms with Gasteiger partial charge in [0, 0.05) is 14.1 Å². The van der Waals surface area contributed by atoms with E-state index >= 15 is 0 Å². The maximum Gasteiger partial charge on any atom is 0.323 e. The molecular weight excluding hydrogens is 272 g/mol. The predicted molar refractivity (Wildman–Crippen MR) is 78.6 cm³/mol. The van der Waals surface area contributed by atoms with Crippen LogP contribution in [0.3, 0.4) is 0 Å². The third kappa shape index (κ3) is 3.78. The van der Waals surface area contributed by atoms with Gasteiger partial charge in [0.1, 0.15) is 11.9 Å². The summed E-state index contributed by atoms with van der Waals surface area (Å²) >= 11 is 0. The van der Waals surface area contributed by atoms with E-state index in [1.165, 1.54) is 0 Å². The number of nitrogens with two attached hydrogens (primary N) is 1. The molecule has 1 aromatic rings. The molecule has 2 heterocycles. The minimum absolute atomic E-state index is 0.176. The second-order valence-corrected chi connectivity index (χ2v) is 5.18. The third-order valence-corrected chi connectivity index (χ3v) is 3.35. The lowest BCUT2D eigenvalue weighted by Crippen LogP contribution is -2.37. The van der Waals surface area contributed by atoms with E-state index in [0.29, 0.717) is 24.9 Å². The second-order valence-electron chi connectivity index (χ2n) is 5.18. The zero-order valence-electron chi connectivity index (χ0n) is 12.7. The van der Waals surface area contributed by atoms with E-state index in [1.54, 1.807) is 4.90 Å². The van der Waals surface area contributed by atoms with Crippen LogP contribution in [0.1, 0.15) is 25.6 Å². The maximum absolute atomic E-state index is 11.9. The summed E-state index contributed by atoms with van der Waals surface area (Å²) in [5.41, 5.74) is 5.71. The van der Waals surface area contributed by atoms with Crippen LogP contribution < -0.4 is 10.6 Å². The first-order valence-electron chi connectivity index (χ1n) is 7.09. The largest absolute Gasteiger partial charge is 0.465 e. The van der Waals surface area contributed by atoms with Crippen LogP contribution in [0, 0.1) is 0 Å². The molecule has 1 unspecified atom stereocenters. The molecule has 1 aromatic heterocycles. The molecule has 0 amide bonds. The van der Waals surface area contributed by atoms with Crippen LogP contribution in [0.15, 0.2) is 0 Å². The Bertz CT molecular complexity index is 507. The number of carbonyl (C=O) groups is 1. The van der Waals surface area contributed by atoms with E-state index in [4.69, 9.17) is 10.5 Å². The monoisotopic (exact) mass is 294 g/mol. The quantitative estimate of drug-likeness (QED) is 0.761. The first-order chi connectivity index (χ1) is 10.0. The molecular formula is C13H22N6O2. The summed E-state index contributed by atoms with van der Waals surface area (Å²) < 4.78 is 5.11. The van der Waals surface area contributed by atoms with Gasteiger partial charge in [0.15, 0.2) is 0 Å². The van der Waals surface area contributed by atoms with Crippen LogP contribution in [0.4, 0.5) is 11.9 Å². The minimum Gasteiger partial charge on any atom is -0.465 e. The number of hydrogen-bond donors (Lipinski definition) is 1. The molecule has 0 aliphatic carbocycles.